The first-order valence-electron chi connectivity index (χ1n) is 4.23. The van der Waals surface area contributed by atoms with Crippen LogP contribution in [0.15, 0.2) is 35.5 Å². The summed E-state index contributed by atoms with van der Waals surface area (Å²) >= 11 is 0. The average molecular weight is 204 g/mol. The third-order valence-corrected chi connectivity index (χ3v) is 1.84. The number of nitrogens with zero attached hydrogens (tertiary/aromatic N) is 1. The Balaban J connectivity index is 3.11. The summed E-state index contributed by atoms with van der Waals surface area (Å²) in [5.74, 6) is -0.920. The topological polar surface area (TPSA) is 66.9 Å². The SMILES string of the molecule is CC(N)=C(C#N)C(=O)c1ccc(F)cc1. The van der Waals surface area contributed by atoms with Gasteiger partial charge in [0, 0.05) is 11.3 Å². The molecule has 0 bridgehead atoms. The molecule has 0 aromatic heterocycles. The zero-order chi connectivity index (χ0) is 11.4. The number of nitriles is 1. The van der Waals surface area contributed by atoms with E-state index in [4.69, 9.17) is 11.0 Å². The largest absolute Gasteiger partial charge is 0.401 e. The van der Waals surface area contributed by atoms with Crippen LogP contribution in [0.1, 0.15) is 17.3 Å². The molecule has 0 unspecified atom stereocenters. The van der Waals surface area contributed by atoms with Gasteiger partial charge in [0.2, 0.25) is 5.78 Å². The lowest BCUT2D eigenvalue weighted by molar-refractivity contribution is 0.103. The Morgan fingerprint density at radius 1 is 1.40 bits per heavy atom. The molecule has 15 heavy (non-hydrogen) atoms. The minimum absolute atomic E-state index is 0.110. The number of carbonyl (C=O) groups excluding carboxylic acids is 1. The lowest BCUT2D eigenvalue weighted by Crippen LogP contribution is -2.08. The molecule has 0 aliphatic rings. The third-order valence-electron chi connectivity index (χ3n) is 1.84. The molecular formula is C11H9FN2O. The molecule has 0 heterocycles. The van der Waals surface area contributed by atoms with Crippen molar-refractivity contribution in [2.45, 2.75) is 6.92 Å². The van der Waals surface area contributed by atoms with Crippen molar-refractivity contribution in [2.24, 2.45) is 5.73 Å². The number of hydrogen-bond acceptors (Lipinski definition) is 3. The number of ketones is 1. The third kappa shape index (κ3) is 2.41. The van der Waals surface area contributed by atoms with Crippen LogP contribution in [-0.4, -0.2) is 5.78 Å². The summed E-state index contributed by atoms with van der Waals surface area (Å²) < 4.78 is 12.6. The number of carbonyl (C=O) groups is 1. The fraction of sp³-hybridized carbons (Fsp3) is 0.0909. The normalized spacial score (nSPS) is 11.5. The molecule has 0 fully saturated rings. The second kappa shape index (κ2) is 4.38. The Kier molecular flexibility index (Phi) is 3.19. The summed E-state index contributed by atoms with van der Waals surface area (Å²) in [5.41, 5.74) is 5.67. The lowest BCUT2D eigenvalue weighted by atomic mass is 10.0. The Morgan fingerprint density at radius 2 is 1.93 bits per heavy atom. The van der Waals surface area contributed by atoms with Gasteiger partial charge in [0.05, 0.1) is 0 Å². The van der Waals surface area contributed by atoms with Crippen LogP contribution in [0.3, 0.4) is 0 Å². The molecule has 1 aromatic carbocycles. The van der Waals surface area contributed by atoms with Crippen LogP contribution in [0.25, 0.3) is 0 Å². The Morgan fingerprint density at radius 3 is 2.33 bits per heavy atom. The van der Waals surface area contributed by atoms with Crippen molar-refractivity contribution in [1.82, 2.24) is 0 Å². The standard InChI is InChI=1S/C11H9FN2O/c1-7(14)10(6-13)11(15)8-2-4-9(12)5-3-8/h2-5H,14H2,1H3. The van der Waals surface area contributed by atoms with E-state index in [1.807, 2.05) is 0 Å². The zero-order valence-electron chi connectivity index (χ0n) is 8.12. The maximum Gasteiger partial charge on any atom is 0.205 e. The molecule has 0 saturated carbocycles. The molecule has 0 atom stereocenters. The first-order chi connectivity index (χ1) is 7.06. The van der Waals surface area contributed by atoms with Gasteiger partial charge in [0.15, 0.2) is 0 Å². The highest BCUT2D eigenvalue weighted by molar-refractivity contribution is 6.11. The number of Topliss-reactive ketones (excluding diaryl/α,β-unsaturated/α-hetero) is 1. The van der Waals surface area contributed by atoms with Gasteiger partial charge in [-0.1, -0.05) is 0 Å². The van der Waals surface area contributed by atoms with E-state index < -0.39 is 11.6 Å². The molecule has 0 amide bonds. The van der Waals surface area contributed by atoms with Gasteiger partial charge in [-0.05, 0) is 31.2 Å². The highest BCUT2D eigenvalue weighted by Gasteiger charge is 2.13. The molecule has 4 heteroatoms. The van der Waals surface area contributed by atoms with Crippen molar-refractivity contribution >= 4 is 5.78 Å². The van der Waals surface area contributed by atoms with Gasteiger partial charge in [0.1, 0.15) is 17.5 Å². The molecule has 76 valence electrons. The van der Waals surface area contributed by atoms with Crippen molar-refractivity contribution in [2.75, 3.05) is 0 Å². The molecule has 0 spiro atoms. The molecule has 3 nitrogen and oxygen atoms in total. The highest BCUT2D eigenvalue weighted by atomic mass is 19.1. The van der Waals surface area contributed by atoms with Crippen molar-refractivity contribution in [3.05, 3.63) is 46.9 Å². The van der Waals surface area contributed by atoms with E-state index >= 15 is 0 Å². The summed E-state index contributed by atoms with van der Waals surface area (Å²) in [4.78, 5) is 11.6. The fourth-order valence-electron chi connectivity index (χ4n) is 1.06. The van der Waals surface area contributed by atoms with Crippen molar-refractivity contribution in [3.63, 3.8) is 0 Å². The van der Waals surface area contributed by atoms with Gasteiger partial charge in [-0.25, -0.2) is 4.39 Å². The van der Waals surface area contributed by atoms with Crippen LogP contribution in [-0.2, 0) is 0 Å². The van der Waals surface area contributed by atoms with Crippen LogP contribution in [0.5, 0.6) is 0 Å². The zero-order valence-corrected chi connectivity index (χ0v) is 8.12. The van der Waals surface area contributed by atoms with Crippen molar-refractivity contribution in [3.8, 4) is 6.07 Å². The van der Waals surface area contributed by atoms with E-state index in [9.17, 15) is 9.18 Å². The smallest absolute Gasteiger partial charge is 0.205 e. The minimum Gasteiger partial charge on any atom is -0.401 e. The average Bonchev–Trinajstić information content (AvgIpc) is 2.19. The van der Waals surface area contributed by atoms with Crippen LogP contribution in [0.2, 0.25) is 0 Å². The van der Waals surface area contributed by atoms with Crippen molar-refractivity contribution in [1.29, 1.82) is 5.26 Å². The second-order valence-electron chi connectivity index (χ2n) is 3.01. The first kappa shape index (κ1) is 10.9. The number of benzene rings is 1. The number of allylic oxidation sites excluding steroid dienone is 2. The quantitative estimate of drug-likeness (QED) is 0.453. The second-order valence-corrected chi connectivity index (χ2v) is 3.01. The molecule has 2 N–H and O–H groups in total. The van der Waals surface area contributed by atoms with Crippen molar-refractivity contribution < 1.29 is 9.18 Å². The first-order valence-corrected chi connectivity index (χ1v) is 4.23. The predicted molar refractivity (Wildman–Crippen MR) is 53.2 cm³/mol. The molecular weight excluding hydrogens is 195 g/mol. The van der Waals surface area contributed by atoms with E-state index in [-0.39, 0.29) is 16.8 Å². The fourth-order valence-corrected chi connectivity index (χ4v) is 1.06. The highest BCUT2D eigenvalue weighted by Crippen LogP contribution is 2.10. The van der Waals surface area contributed by atoms with Gasteiger partial charge in [-0.3, -0.25) is 4.79 Å². The van der Waals surface area contributed by atoms with Crippen LogP contribution in [0.4, 0.5) is 4.39 Å². The van der Waals surface area contributed by atoms with Gasteiger partial charge in [0.25, 0.3) is 0 Å². The molecule has 0 aliphatic heterocycles. The monoisotopic (exact) mass is 204 g/mol. The van der Waals surface area contributed by atoms with E-state index in [2.05, 4.69) is 0 Å². The maximum atomic E-state index is 12.6. The van der Waals surface area contributed by atoms with E-state index in [1.54, 1.807) is 6.07 Å². The Bertz CT molecular complexity index is 450. The van der Waals surface area contributed by atoms with Crippen LogP contribution in [0, 0.1) is 17.1 Å². The predicted octanol–water partition coefficient (Wildman–Crippen LogP) is 1.76. The molecule has 0 aliphatic carbocycles. The summed E-state index contributed by atoms with van der Waals surface area (Å²) in [6.45, 7) is 1.47. The van der Waals surface area contributed by atoms with Gasteiger partial charge in [-0.15, -0.1) is 0 Å². The summed E-state index contributed by atoms with van der Waals surface area (Å²) in [6, 6.07) is 6.68. The molecule has 0 radical (unpaired) electrons. The van der Waals surface area contributed by atoms with Gasteiger partial charge >= 0.3 is 0 Å². The summed E-state index contributed by atoms with van der Waals surface area (Å²) in [7, 11) is 0. The summed E-state index contributed by atoms with van der Waals surface area (Å²) in [5, 5.41) is 8.70. The molecule has 1 rings (SSSR count). The minimum atomic E-state index is -0.488. The van der Waals surface area contributed by atoms with Gasteiger partial charge in [-0.2, -0.15) is 5.26 Å². The van der Waals surface area contributed by atoms with E-state index in [0.29, 0.717) is 0 Å². The number of halogens is 1. The van der Waals surface area contributed by atoms with Crippen LogP contribution < -0.4 is 5.73 Å². The van der Waals surface area contributed by atoms with E-state index in [1.165, 1.54) is 19.1 Å². The van der Waals surface area contributed by atoms with Crippen LogP contribution >= 0.6 is 0 Å². The van der Waals surface area contributed by atoms with Gasteiger partial charge < -0.3 is 5.73 Å². The van der Waals surface area contributed by atoms with E-state index in [0.717, 1.165) is 12.1 Å². The number of hydrogen-bond donors (Lipinski definition) is 1. The molecule has 1 aromatic rings. The Hall–Kier alpha value is -2.15. The molecule has 0 saturated heterocycles. The lowest BCUT2D eigenvalue weighted by Gasteiger charge is -2.00. The summed E-state index contributed by atoms with van der Waals surface area (Å²) in [6.07, 6.45) is 0. The number of nitrogens with two attached hydrogens (primary N) is 1. The maximum absolute atomic E-state index is 12.6. The number of rotatable bonds is 2. The Labute approximate surface area is 86.6 Å².